The van der Waals surface area contributed by atoms with Crippen molar-refractivity contribution in [1.82, 2.24) is 5.32 Å². The third-order valence-electron chi connectivity index (χ3n) is 3.99. The van der Waals surface area contributed by atoms with Crippen LogP contribution in [0.5, 0.6) is 0 Å². The lowest BCUT2D eigenvalue weighted by Crippen LogP contribution is -2.17. The maximum atomic E-state index is 6.05. The summed E-state index contributed by atoms with van der Waals surface area (Å²) >= 11 is 7.71. The molecule has 1 N–H and O–H groups in total. The maximum Gasteiger partial charge on any atom is 0.0931 e. The Morgan fingerprint density at radius 1 is 1.26 bits per heavy atom. The minimum atomic E-state index is 0.248. The predicted octanol–water partition coefficient (Wildman–Crippen LogP) is 4.98. The zero-order chi connectivity index (χ0) is 13.2. The monoisotopic (exact) mass is 291 g/mol. The molecule has 1 aliphatic rings. The van der Waals surface area contributed by atoms with Crippen LogP contribution in [0.3, 0.4) is 0 Å². The van der Waals surface area contributed by atoms with Crippen molar-refractivity contribution >= 4 is 22.9 Å². The Hall–Kier alpha value is -0.830. The van der Waals surface area contributed by atoms with Gasteiger partial charge < -0.3 is 5.32 Å². The lowest BCUT2D eigenvalue weighted by Gasteiger charge is -2.27. The van der Waals surface area contributed by atoms with Crippen molar-refractivity contribution < 1.29 is 0 Å². The van der Waals surface area contributed by atoms with E-state index >= 15 is 0 Å². The molecule has 100 valence electrons. The van der Waals surface area contributed by atoms with Crippen molar-refractivity contribution in [3.63, 3.8) is 0 Å². The van der Waals surface area contributed by atoms with Crippen molar-refractivity contribution in [2.45, 2.75) is 31.2 Å². The topological polar surface area (TPSA) is 12.0 Å². The number of benzene rings is 1. The molecule has 1 heterocycles. The minimum absolute atomic E-state index is 0.248. The van der Waals surface area contributed by atoms with Gasteiger partial charge >= 0.3 is 0 Å². The maximum absolute atomic E-state index is 6.05. The molecule has 1 atom stereocenters. The van der Waals surface area contributed by atoms with E-state index in [1.807, 2.05) is 13.1 Å². The van der Waals surface area contributed by atoms with Crippen LogP contribution in [-0.4, -0.2) is 7.05 Å². The molecule has 0 bridgehead atoms. The molecule has 1 nitrogen and oxygen atoms in total. The molecular weight excluding hydrogens is 274 g/mol. The van der Waals surface area contributed by atoms with Gasteiger partial charge in [-0.2, -0.15) is 0 Å². The Morgan fingerprint density at radius 3 is 2.68 bits per heavy atom. The standard InChI is InChI=1S/C16H18ClNS/c1-18-16(14-8-9-15(17)19-14)13-7-3-6-12(10-13)11-4-2-5-11/h3,6-11,16,18H,2,4-5H2,1H3. The molecule has 0 aliphatic heterocycles. The molecule has 1 saturated carbocycles. The van der Waals surface area contributed by atoms with Gasteiger partial charge in [0.1, 0.15) is 0 Å². The van der Waals surface area contributed by atoms with Gasteiger partial charge in [-0.1, -0.05) is 42.3 Å². The summed E-state index contributed by atoms with van der Waals surface area (Å²) in [5.74, 6) is 0.782. The van der Waals surface area contributed by atoms with Gasteiger partial charge in [-0.15, -0.1) is 11.3 Å². The molecule has 1 aliphatic carbocycles. The molecule has 19 heavy (non-hydrogen) atoms. The summed E-state index contributed by atoms with van der Waals surface area (Å²) in [4.78, 5) is 1.28. The van der Waals surface area contributed by atoms with Gasteiger partial charge in [0.2, 0.25) is 0 Å². The second-order valence-electron chi connectivity index (χ2n) is 5.16. The molecular formula is C16H18ClNS. The van der Waals surface area contributed by atoms with E-state index in [4.69, 9.17) is 11.6 Å². The highest BCUT2D eigenvalue weighted by molar-refractivity contribution is 7.16. The van der Waals surface area contributed by atoms with E-state index < -0.39 is 0 Å². The van der Waals surface area contributed by atoms with Crippen molar-refractivity contribution in [3.05, 3.63) is 56.7 Å². The van der Waals surface area contributed by atoms with Crippen molar-refractivity contribution in [1.29, 1.82) is 0 Å². The van der Waals surface area contributed by atoms with Gasteiger partial charge in [0.25, 0.3) is 0 Å². The fraction of sp³-hybridized carbons (Fsp3) is 0.375. The van der Waals surface area contributed by atoms with Crippen LogP contribution in [0.1, 0.15) is 47.2 Å². The highest BCUT2D eigenvalue weighted by Crippen LogP contribution is 2.38. The van der Waals surface area contributed by atoms with Crippen LogP contribution in [0.15, 0.2) is 36.4 Å². The third kappa shape index (κ3) is 2.71. The van der Waals surface area contributed by atoms with E-state index in [1.54, 1.807) is 11.3 Å². The Balaban J connectivity index is 1.90. The van der Waals surface area contributed by atoms with Gasteiger partial charge in [0.05, 0.1) is 10.4 Å². The zero-order valence-electron chi connectivity index (χ0n) is 11.0. The van der Waals surface area contributed by atoms with Crippen molar-refractivity contribution in [2.75, 3.05) is 7.05 Å². The van der Waals surface area contributed by atoms with E-state index in [2.05, 4.69) is 35.6 Å². The Bertz CT molecular complexity index is 559. The highest BCUT2D eigenvalue weighted by Gasteiger charge is 2.21. The van der Waals surface area contributed by atoms with E-state index in [0.29, 0.717) is 0 Å². The van der Waals surface area contributed by atoms with Gasteiger partial charge in [0, 0.05) is 4.88 Å². The third-order valence-corrected chi connectivity index (χ3v) is 5.28. The molecule has 0 saturated heterocycles. The summed E-state index contributed by atoms with van der Waals surface area (Å²) in [7, 11) is 2.01. The number of rotatable bonds is 4. The number of nitrogens with one attached hydrogen (secondary N) is 1. The molecule has 3 rings (SSSR count). The summed E-state index contributed by atoms with van der Waals surface area (Å²) in [5.41, 5.74) is 2.83. The number of halogens is 1. The fourth-order valence-electron chi connectivity index (χ4n) is 2.69. The van der Waals surface area contributed by atoms with Crippen LogP contribution < -0.4 is 5.32 Å². The smallest absolute Gasteiger partial charge is 0.0931 e. The van der Waals surface area contributed by atoms with Crippen molar-refractivity contribution in [2.24, 2.45) is 0 Å². The average Bonchev–Trinajstić information content (AvgIpc) is 2.75. The Kier molecular flexibility index (Phi) is 3.92. The lowest BCUT2D eigenvalue weighted by molar-refractivity contribution is 0.419. The molecule has 1 unspecified atom stereocenters. The second-order valence-corrected chi connectivity index (χ2v) is 6.91. The summed E-state index contributed by atoms with van der Waals surface area (Å²) in [6.45, 7) is 0. The first-order valence-electron chi connectivity index (χ1n) is 6.80. The van der Waals surface area contributed by atoms with Crippen LogP contribution in [0.4, 0.5) is 0 Å². The molecule has 1 aromatic heterocycles. The molecule has 0 spiro atoms. The summed E-state index contributed by atoms with van der Waals surface area (Å²) in [6, 6.07) is 13.4. The average molecular weight is 292 g/mol. The number of hydrogen-bond acceptors (Lipinski definition) is 2. The van der Waals surface area contributed by atoms with E-state index in [-0.39, 0.29) is 6.04 Å². The van der Waals surface area contributed by atoms with Crippen LogP contribution in [0.25, 0.3) is 0 Å². The SMILES string of the molecule is CNC(c1cccc(C2CCC2)c1)c1ccc(Cl)s1. The molecule has 0 radical (unpaired) electrons. The first kappa shape index (κ1) is 13.2. The van der Waals surface area contributed by atoms with Crippen LogP contribution >= 0.6 is 22.9 Å². The predicted molar refractivity (Wildman–Crippen MR) is 83.3 cm³/mol. The van der Waals surface area contributed by atoms with E-state index in [1.165, 1.54) is 35.3 Å². The summed E-state index contributed by atoms with van der Waals surface area (Å²) < 4.78 is 0.852. The van der Waals surface area contributed by atoms with Crippen molar-refractivity contribution in [3.8, 4) is 0 Å². The minimum Gasteiger partial charge on any atom is -0.309 e. The van der Waals surface area contributed by atoms with Crippen LogP contribution in [0, 0.1) is 0 Å². The first-order valence-corrected chi connectivity index (χ1v) is 7.99. The second kappa shape index (κ2) is 5.66. The molecule has 0 amide bonds. The molecule has 1 fully saturated rings. The van der Waals surface area contributed by atoms with Crippen LogP contribution in [-0.2, 0) is 0 Å². The highest BCUT2D eigenvalue weighted by atomic mass is 35.5. The van der Waals surface area contributed by atoms with E-state index in [9.17, 15) is 0 Å². The number of hydrogen-bond donors (Lipinski definition) is 1. The first-order chi connectivity index (χ1) is 9.28. The van der Waals surface area contributed by atoms with Gasteiger partial charge in [-0.3, -0.25) is 0 Å². The molecule has 3 heteroatoms. The van der Waals surface area contributed by atoms with Crippen LogP contribution in [0.2, 0.25) is 4.34 Å². The lowest BCUT2D eigenvalue weighted by atomic mass is 9.79. The largest absolute Gasteiger partial charge is 0.309 e. The van der Waals surface area contributed by atoms with Gasteiger partial charge in [-0.05, 0) is 49.1 Å². The number of thiophene rings is 1. The Morgan fingerprint density at radius 2 is 2.11 bits per heavy atom. The fourth-order valence-corrected chi connectivity index (χ4v) is 3.89. The summed E-state index contributed by atoms with van der Waals surface area (Å²) in [5, 5.41) is 3.40. The quantitative estimate of drug-likeness (QED) is 0.838. The van der Waals surface area contributed by atoms with E-state index in [0.717, 1.165) is 10.3 Å². The van der Waals surface area contributed by atoms with Gasteiger partial charge in [0.15, 0.2) is 0 Å². The molecule has 1 aromatic carbocycles. The zero-order valence-corrected chi connectivity index (χ0v) is 12.6. The van der Waals surface area contributed by atoms with Gasteiger partial charge in [-0.25, -0.2) is 0 Å². The summed E-state index contributed by atoms with van der Waals surface area (Å²) in [6.07, 6.45) is 4.07. The molecule has 2 aromatic rings. The normalized spacial score (nSPS) is 17.2. The Labute approximate surface area is 123 Å².